The van der Waals surface area contributed by atoms with Crippen molar-refractivity contribution in [3.63, 3.8) is 0 Å². The number of nitrogens with zero attached hydrogens (tertiary/aromatic N) is 1. The Bertz CT molecular complexity index is 964. The summed E-state index contributed by atoms with van der Waals surface area (Å²) in [6.07, 6.45) is 6.00. The van der Waals surface area contributed by atoms with Gasteiger partial charge >= 0.3 is 0 Å². The van der Waals surface area contributed by atoms with Gasteiger partial charge in [-0.25, -0.2) is 8.42 Å². The third-order valence-electron chi connectivity index (χ3n) is 6.60. The number of benzene rings is 1. The Labute approximate surface area is 183 Å². The monoisotopic (exact) mass is 449 g/mol. The number of rotatable bonds is 4. The molecule has 2 N–H and O–H groups in total. The molecule has 1 aromatic rings. The Morgan fingerprint density at radius 2 is 1.81 bits per heavy atom. The van der Waals surface area contributed by atoms with E-state index in [1.807, 2.05) is 0 Å². The standard InChI is InChI=1S/C22H31N3O5S/c1-14-12-18-19(30-15(2)21(26)24-18)13-20(14)31(28,29)25-10-8-16(9-11-25)22(27)23-17-6-4-3-5-7-17/h12-13,15-17H,3-11H2,1-2H3,(H,23,27)(H,24,26). The molecule has 4 rings (SSSR count). The molecule has 0 bridgehead atoms. The summed E-state index contributed by atoms with van der Waals surface area (Å²) in [6.45, 7) is 3.96. The zero-order chi connectivity index (χ0) is 22.2. The van der Waals surface area contributed by atoms with Gasteiger partial charge in [-0.3, -0.25) is 9.59 Å². The lowest BCUT2D eigenvalue weighted by Crippen LogP contribution is -2.45. The molecule has 2 heterocycles. The second-order valence-corrected chi connectivity index (χ2v) is 10.8. The van der Waals surface area contributed by atoms with Crippen LogP contribution in [0.25, 0.3) is 0 Å². The highest BCUT2D eigenvalue weighted by atomic mass is 32.2. The molecule has 1 saturated heterocycles. The first-order valence-corrected chi connectivity index (χ1v) is 12.6. The zero-order valence-corrected chi connectivity index (χ0v) is 19.0. The van der Waals surface area contributed by atoms with Crippen molar-refractivity contribution < 1.29 is 22.7 Å². The van der Waals surface area contributed by atoms with Crippen molar-refractivity contribution in [1.29, 1.82) is 0 Å². The average Bonchev–Trinajstić information content (AvgIpc) is 2.75. The number of sulfonamides is 1. The van der Waals surface area contributed by atoms with Crippen molar-refractivity contribution in [2.45, 2.75) is 75.8 Å². The van der Waals surface area contributed by atoms with Gasteiger partial charge in [0.1, 0.15) is 5.75 Å². The van der Waals surface area contributed by atoms with E-state index in [1.54, 1.807) is 19.9 Å². The Morgan fingerprint density at radius 1 is 1.13 bits per heavy atom. The minimum absolute atomic E-state index is 0.0621. The van der Waals surface area contributed by atoms with Crippen LogP contribution in [0.15, 0.2) is 17.0 Å². The first-order valence-electron chi connectivity index (χ1n) is 11.2. The number of fused-ring (bicyclic) bond motifs is 1. The molecular weight excluding hydrogens is 418 g/mol. The van der Waals surface area contributed by atoms with Crippen LogP contribution in [0.1, 0.15) is 57.4 Å². The lowest BCUT2D eigenvalue weighted by Gasteiger charge is -2.33. The number of carbonyl (C=O) groups excluding carboxylic acids is 2. The quantitative estimate of drug-likeness (QED) is 0.735. The maximum absolute atomic E-state index is 13.3. The SMILES string of the molecule is Cc1cc2c(cc1S(=O)(=O)N1CCC(C(=O)NC3CCCCC3)CC1)OC(C)C(=O)N2. The zero-order valence-electron chi connectivity index (χ0n) is 18.1. The van der Waals surface area contributed by atoms with Gasteiger partial charge < -0.3 is 15.4 Å². The number of nitrogens with one attached hydrogen (secondary N) is 2. The summed E-state index contributed by atoms with van der Waals surface area (Å²) in [5, 5.41) is 5.91. The molecule has 9 heteroatoms. The van der Waals surface area contributed by atoms with Gasteiger partial charge in [-0.15, -0.1) is 0 Å². The maximum atomic E-state index is 13.3. The van der Waals surface area contributed by atoms with E-state index in [0.29, 0.717) is 42.9 Å². The molecule has 3 aliphatic rings. The lowest BCUT2D eigenvalue weighted by molar-refractivity contribution is -0.127. The number of ether oxygens (including phenoxy) is 1. The Balaban J connectivity index is 1.43. The first kappa shape index (κ1) is 22.1. The summed E-state index contributed by atoms with van der Waals surface area (Å²) in [7, 11) is -3.72. The Morgan fingerprint density at radius 3 is 2.48 bits per heavy atom. The van der Waals surface area contributed by atoms with Crippen LogP contribution in [0, 0.1) is 12.8 Å². The summed E-state index contributed by atoms with van der Waals surface area (Å²) in [5.41, 5.74) is 1.03. The van der Waals surface area contributed by atoms with E-state index in [-0.39, 0.29) is 28.7 Å². The third-order valence-corrected chi connectivity index (χ3v) is 8.64. The van der Waals surface area contributed by atoms with Crippen LogP contribution in [-0.4, -0.2) is 49.8 Å². The van der Waals surface area contributed by atoms with Crippen LogP contribution in [0.4, 0.5) is 5.69 Å². The maximum Gasteiger partial charge on any atom is 0.265 e. The van der Waals surface area contributed by atoms with Crippen molar-refractivity contribution in [2.24, 2.45) is 5.92 Å². The van der Waals surface area contributed by atoms with Gasteiger partial charge in [0.15, 0.2) is 6.10 Å². The predicted molar refractivity (Wildman–Crippen MR) is 116 cm³/mol. The molecule has 170 valence electrons. The van der Waals surface area contributed by atoms with E-state index in [2.05, 4.69) is 10.6 Å². The van der Waals surface area contributed by atoms with Gasteiger partial charge in [-0.05, 0) is 51.2 Å². The average molecular weight is 450 g/mol. The van der Waals surface area contributed by atoms with Gasteiger partial charge in [0, 0.05) is 31.1 Å². The smallest absolute Gasteiger partial charge is 0.265 e. The summed E-state index contributed by atoms with van der Waals surface area (Å²) in [6, 6.07) is 3.40. The number of hydrogen-bond donors (Lipinski definition) is 2. The highest BCUT2D eigenvalue weighted by Gasteiger charge is 2.35. The van der Waals surface area contributed by atoms with Crippen molar-refractivity contribution in [1.82, 2.24) is 9.62 Å². The van der Waals surface area contributed by atoms with Crippen LogP contribution >= 0.6 is 0 Å². The molecule has 1 aromatic carbocycles. The highest BCUT2D eigenvalue weighted by Crippen LogP contribution is 2.36. The third kappa shape index (κ3) is 4.57. The minimum Gasteiger partial charge on any atom is -0.479 e. The van der Waals surface area contributed by atoms with E-state index in [4.69, 9.17) is 4.74 Å². The van der Waals surface area contributed by atoms with Gasteiger partial charge in [-0.1, -0.05) is 19.3 Å². The second-order valence-electron chi connectivity index (χ2n) is 8.89. The number of aryl methyl sites for hydroxylation is 1. The summed E-state index contributed by atoms with van der Waals surface area (Å²) in [4.78, 5) is 24.6. The summed E-state index contributed by atoms with van der Waals surface area (Å²) in [5.74, 6) is 0.0264. The van der Waals surface area contributed by atoms with Crippen molar-refractivity contribution in [3.05, 3.63) is 17.7 Å². The summed E-state index contributed by atoms with van der Waals surface area (Å²) >= 11 is 0. The number of hydrogen-bond acceptors (Lipinski definition) is 5. The van der Waals surface area contributed by atoms with Crippen LogP contribution in [-0.2, 0) is 19.6 Å². The molecule has 2 fully saturated rings. The lowest BCUT2D eigenvalue weighted by atomic mass is 9.93. The van der Waals surface area contributed by atoms with E-state index < -0.39 is 16.1 Å². The minimum atomic E-state index is -3.72. The van der Waals surface area contributed by atoms with E-state index in [1.165, 1.54) is 16.8 Å². The molecule has 0 radical (unpaired) electrons. The fraction of sp³-hybridized carbons (Fsp3) is 0.636. The van der Waals surface area contributed by atoms with Crippen LogP contribution in [0.2, 0.25) is 0 Å². The topological polar surface area (TPSA) is 105 Å². The van der Waals surface area contributed by atoms with Crippen LogP contribution < -0.4 is 15.4 Å². The number of anilines is 1. The van der Waals surface area contributed by atoms with Crippen molar-refractivity contribution >= 4 is 27.5 Å². The molecular formula is C22H31N3O5S. The van der Waals surface area contributed by atoms with Crippen molar-refractivity contribution in [3.8, 4) is 5.75 Å². The first-order chi connectivity index (χ1) is 14.8. The fourth-order valence-corrected chi connectivity index (χ4v) is 6.38. The van der Waals surface area contributed by atoms with E-state index >= 15 is 0 Å². The van der Waals surface area contributed by atoms with E-state index in [0.717, 1.165) is 25.7 Å². The number of piperidine rings is 1. The number of carbonyl (C=O) groups is 2. The molecule has 0 spiro atoms. The molecule has 1 atom stereocenters. The van der Waals surface area contributed by atoms with Crippen LogP contribution in [0.5, 0.6) is 5.75 Å². The second kappa shape index (κ2) is 8.78. The molecule has 2 aliphatic heterocycles. The van der Waals surface area contributed by atoms with Gasteiger partial charge in [0.25, 0.3) is 5.91 Å². The largest absolute Gasteiger partial charge is 0.479 e. The molecule has 1 unspecified atom stereocenters. The summed E-state index contributed by atoms with van der Waals surface area (Å²) < 4.78 is 33.7. The molecule has 0 aromatic heterocycles. The Hall–Kier alpha value is -2.13. The predicted octanol–water partition coefficient (Wildman–Crippen LogP) is 2.56. The van der Waals surface area contributed by atoms with Crippen molar-refractivity contribution in [2.75, 3.05) is 18.4 Å². The molecule has 1 aliphatic carbocycles. The molecule has 31 heavy (non-hydrogen) atoms. The van der Waals surface area contributed by atoms with E-state index in [9.17, 15) is 18.0 Å². The normalized spacial score (nSPS) is 23.5. The number of amides is 2. The fourth-order valence-electron chi connectivity index (χ4n) is 4.68. The van der Waals surface area contributed by atoms with Gasteiger partial charge in [0.2, 0.25) is 15.9 Å². The molecule has 1 saturated carbocycles. The van der Waals surface area contributed by atoms with Gasteiger partial charge in [-0.2, -0.15) is 4.31 Å². The van der Waals surface area contributed by atoms with Gasteiger partial charge in [0.05, 0.1) is 10.6 Å². The highest BCUT2D eigenvalue weighted by molar-refractivity contribution is 7.89. The molecule has 2 amide bonds. The molecule has 8 nitrogen and oxygen atoms in total. The Kier molecular flexibility index (Phi) is 6.25. The van der Waals surface area contributed by atoms with Crippen LogP contribution in [0.3, 0.4) is 0 Å².